The number of rotatable bonds is 4. The van der Waals surface area contributed by atoms with Gasteiger partial charge in [-0.15, -0.1) is 0 Å². The van der Waals surface area contributed by atoms with Crippen LogP contribution in [0.15, 0.2) is 65.4 Å². The Morgan fingerprint density at radius 1 is 1.09 bits per heavy atom. The first-order valence-electron chi connectivity index (χ1n) is 6.74. The molecule has 3 rings (SSSR count). The summed E-state index contributed by atoms with van der Waals surface area (Å²) in [7, 11) is 0. The summed E-state index contributed by atoms with van der Waals surface area (Å²) in [5.41, 5.74) is 2.92. The molecule has 22 heavy (non-hydrogen) atoms. The van der Waals surface area contributed by atoms with E-state index in [-0.39, 0.29) is 17.1 Å². The number of aromatic hydroxyl groups is 1. The van der Waals surface area contributed by atoms with Crippen molar-refractivity contribution in [2.45, 2.75) is 0 Å². The summed E-state index contributed by atoms with van der Waals surface area (Å²) in [5, 5.41) is 13.7. The number of benzene rings is 1. The molecule has 0 saturated heterocycles. The van der Waals surface area contributed by atoms with Gasteiger partial charge in [-0.1, -0.05) is 18.2 Å². The van der Waals surface area contributed by atoms with E-state index in [1.54, 1.807) is 35.6 Å². The van der Waals surface area contributed by atoms with Crippen LogP contribution in [-0.2, 0) is 0 Å². The zero-order chi connectivity index (χ0) is 15.4. The molecule has 2 heterocycles. The number of phenols is 1. The summed E-state index contributed by atoms with van der Waals surface area (Å²) < 4.78 is 0. The van der Waals surface area contributed by atoms with E-state index in [9.17, 15) is 9.90 Å². The molecule has 0 aliphatic rings. The van der Waals surface area contributed by atoms with E-state index in [2.05, 4.69) is 4.98 Å². The van der Waals surface area contributed by atoms with E-state index < -0.39 is 0 Å². The van der Waals surface area contributed by atoms with Crippen LogP contribution in [0.2, 0.25) is 0 Å². The lowest BCUT2D eigenvalue weighted by molar-refractivity contribution is 0.104. The Hall–Kier alpha value is -2.72. The average molecular weight is 307 g/mol. The van der Waals surface area contributed by atoms with Crippen LogP contribution in [0.5, 0.6) is 5.75 Å². The fraction of sp³-hybridized carbons (Fsp3) is 0. The topological polar surface area (TPSA) is 50.2 Å². The fourth-order valence-corrected chi connectivity index (χ4v) is 2.70. The summed E-state index contributed by atoms with van der Waals surface area (Å²) in [4.78, 5) is 16.6. The zero-order valence-corrected chi connectivity index (χ0v) is 12.5. The van der Waals surface area contributed by atoms with Gasteiger partial charge in [0.2, 0.25) is 0 Å². The molecule has 0 spiro atoms. The molecule has 0 radical (unpaired) electrons. The molecular formula is C18H13NO2S. The third kappa shape index (κ3) is 3.13. The lowest BCUT2D eigenvalue weighted by Crippen LogP contribution is -1.94. The monoisotopic (exact) mass is 307 g/mol. The van der Waals surface area contributed by atoms with Gasteiger partial charge in [0.05, 0.1) is 17.0 Å². The minimum atomic E-state index is -0.249. The molecule has 0 amide bonds. The third-order valence-electron chi connectivity index (χ3n) is 3.16. The van der Waals surface area contributed by atoms with Gasteiger partial charge in [-0.2, -0.15) is 11.3 Å². The van der Waals surface area contributed by atoms with Crippen LogP contribution in [0, 0.1) is 0 Å². The predicted octanol–water partition coefficient (Wildman–Crippen LogP) is 4.41. The maximum atomic E-state index is 12.1. The largest absolute Gasteiger partial charge is 0.507 e. The maximum absolute atomic E-state index is 12.1. The molecule has 0 atom stereocenters. The van der Waals surface area contributed by atoms with Crippen molar-refractivity contribution < 1.29 is 9.90 Å². The SMILES string of the molecule is O=C(/C=C/c1cccc(-c2ccsc2)n1)c1ccccc1O. The van der Waals surface area contributed by atoms with E-state index in [0.29, 0.717) is 5.69 Å². The minimum absolute atomic E-state index is 0.0165. The number of phenolic OH excluding ortho intramolecular Hbond substituents is 1. The number of carbonyl (C=O) groups is 1. The van der Waals surface area contributed by atoms with Gasteiger partial charge >= 0.3 is 0 Å². The molecular weight excluding hydrogens is 294 g/mol. The van der Waals surface area contributed by atoms with E-state index in [4.69, 9.17) is 0 Å². The number of para-hydroxylation sites is 1. The van der Waals surface area contributed by atoms with Gasteiger partial charge in [-0.3, -0.25) is 4.79 Å². The van der Waals surface area contributed by atoms with Crippen LogP contribution in [0.3, 0.4) is 0 Å². The van der Waals surface area contributed by atoms with Crippen LogP contribution in [0.25, 0.3) is 17.3 Å². The fourth-order valence-electron chi connectivity index (χ4n) is 2.05. The summed E-state index contributed by atoms with van der Waals surface area (Å²) in [6.07, 6.45) is 3.08. The van der Waals surface area contributed by atoms with Crippen LogP contribution < -0.4 is 0 Å². The van der Waals surface area contributed by atoms with E-state index in [1.165, 1.54) is 12.1 Å². The molecule has 3 nitrogen and oxygen atoms in total. The molecule has 108 valence electrons. The Morgan fingerprint density at radius 2 is 1.95 bits per heavy atom. The molecule has 0 aliphatic carbocycles. The highest BCUT2D eigenvalue weighted by molar-refractivity contribution is 7.08. The normalized spacial score (nSPS) is 10.9. The van der Waals surface area contributed by atoms with Crippen molar-refractivity contribution in [1.29, 1.82) is 0 Å². The number of nitrogens with zero attached hydrogens (tertiary/aromatic N) is 1. The second-order valence-electron chi connectivity index (χ2n) is 4.67. The lowest BCUT2D eigenvalue weighted by atomic mass is 10.1. The standard InChI is InChI=1S/C18H13NO2S/c20-17-7-2-1-5-15(17)18(21)9-8-14-4-3-6-16(19-14)13-10-11-22-12-13/h1-12,20H/b9-8+. The highest BCUT2D eigenvalue weighted by atomic mass is 32.1. The van der Waals surface area contributed by atoms with Gasteiger partial charge in [0.25, 0.3) is 0 Å². The smallest absolute Gasteiger partial charge is 0.189 e. The number of ketones is 1. The summed E-state index contributed by atoms with van der Waals surface area (Å²) in [6.45, 7) is 0. The Labute approximate surface area is 132 Å². The lowest BCUT2D eigenvalue weighted by Gasteiger charge is -2.00. The van der Waals surface area contributed by atoms with Crippen LogP contribution in [-0.4, -0.2) is 15.9 Å². The number of pyridine rings is 1. The number of hydrogen-bond donors (Lipinski definition) is 1. The number of hydrogen-bond acceptors (Lipinski definition) is 4. The summed E-state index contributed by atoms with van der Waals surface area (Å²) in [6, 6.07) is 14.2. The molecule has 1 aromatic carbocycles. The summed E-state index contributed by atoms with van der Waals surface area (Å²) in [5.74, 6) is -0.266. The first kappa shape index (κ1) is 14.2. The van der Waals surface area contributed by atoms with Crippen molar-refractivity contribution in [3.8, 4) is 17.0 Å². The third-order valence-corrected chi connectivity index (χ3v) is 3.85. The van der Waals surface area contributed by atoms with Gasteiger partial charge in [0.15, 0.2) is 5.78 Å². The Balaban J connectivity index is 1.83. The molecule has 0 bridgehead atoms. The van der Waals surface area contributed by atoms with Crippen molar-refractivity contribution in [2.24, 2.45) is 0 Å². The molecule has 0 fully saturated rings. The number of thiophene rings is 1. The molecule has 0 aliphatic heterocycles. The van der Waals surface area contributed by atoms with Crippen LogP contribution >= 0.6 is 11.3 Å². The van der Waals surface area contributed by atoms with E-state index in [0.717, 1.165) is 11.3 Å². The number of allylic oxidation sites excluding steroid dienone is 1. The van der Waals surface area contributed by atoms with Crippen molar-refractivity contribution in [3.63, 3.8) is 0 Å². The van der Waals surface area contributed by atoms with Gasteiger partial charge in [-0.05, 0) is 47.9 Å². The molecule has 3 aromatic rings. The van der Waals surface area contributed by atoms with Crippen molar-refractivity contribution in [2.75, 3.05) is 0 Å². The molecule has 0 unspecified atom stereocenters. The van der Waals surface area contributed by atoms with Crippen LogP contribution in [0.4, 0.5) is 0 Å². The molecule has 2 aromatic heterocycles. The van der Waals surface area contributed by atoms with Gasteiger partial charge in [0, 0.05) is 10.9 Å². The van der Waals surface area contributed by atoms with Gasteiger partial charge < -0.3 is 5.11 Å². The van der Waals surface area contributed by atoms with Gasteiger partial charge in [0.1, 0.15) is 5.75 Å². The Bertz CT molecular complexity index is 823. The zero-order valence-electron chi connectivity index (χ0n) is 11.6. The quantitative estimate of drug-likeness (QED) is 0.573. The number of carbonyl (C=O) groups excluding carboxylic acids is 1. The second-order valence-corrected chi connectivity index (χ2v) is 5.45. The number of aromatic nitrogens is 1. The summed E-state index contributed by atoms with van der Waals surface area (Å²) >= 11 is 1.62. The molecule has 4 heteroatoms. The average Bonchev–Trinajstić information content (AvgIpc) is 3.08. The maximum Gasteiger partial charge on any atom is 0.189 e. The Morgan fingerprint density at radius 3 is 2.73 bits per heavy atom. The van der Waals surface area contributed by atoms with E-state index in [1.807, 2.05) is 35.0 Å². The van der Waals surface area contributed by atoms with E-state index >= 15 is 0 Å². The highest BCUT2D eigenvalue weighted by Gasteiger charge is 2.06. The second kappa shape index (κ2) is 6.37. The first-order valence-corrected chi connectivity index (χ1v) is 7.68. The van der Waals surface area contributed by atoms with Crippen LogP contribution in [0.1, 0.15) is 16.1 Å². The van der Waals surface area contributed by atoms with Gasteiger partial charge in [-0.25, -0.2) is 4.98 Å². The highest BCUT2D eigenvalue weighted by Crippen LogP contribution is 2.21. The molecule has 0 saturated carbocycles. The van der Waals surface area contributed by atoms with Crippen molar-refractivity contribution in [1.82, 2.24) is 4.98 Å². The Kier molecular flexibility index (Phi) is 4.12. The van der Waals surface area contributed by atoms with Crippen molar-refractivity contribution in [3.05, 3.63) is 76.6 Å². The minimum Gasteiger partial charge on any atom is -0.507 e. The predicted molar refractivity (Wildman–Crippen MR) is 89.0 cm³/mol. The molecule has 1 N–H and O–H groups in total. The van der Waals surface area contributed by atoms with Crippen molar-refractivity contribution >= 4 is 23.2 Å². The first-order chi connectivity index (χ1) is 10.7.